The van der Waals surface area contributed by atoms with E-state index >= 15 is 0 Å². The number of nitrogens with two attached hydrogens (primary N) is 1. The second-order valence-electron chi connectivity index (χ2n) is 9.30. The Balaban J connectivity index is 1.53. The SMILES string of the molecule is NC(Cc1ccccc1)CN(c1ccccc1)c1nc(-c2ccncc2)c(-c2ccc(F)cc2)c2nncn12. The fraction of sp³-hybridized carbons (Fsp3) is 0.0968. The molecule has 7 nitrogen and oxygen atoms in total. The summed E-state index contributed by atoms with van der Waals surface area (Å²) in [6.45, 7) is 0.505. The van der Waals surface area contributed by atoms with Crippen LogP contribution in [0.1, 0.15) is 5.56 Å². The third-order valence-corrected chi connectivity index (χ3v) is 6.59. The highest BCUT2D eigenvalue weighted by atomic mass is 19.1. The van der Waals surface area contributed by atoms with E-state index in [0.29, 0.717) is 30.3 Å². The molecule has 3 heterocycles. The van der Waals surface area contributed by atoms with E-state index in [1.54, 1.807) is 30.9 Å². The smallest absolute Gasteiger partial charge is 0.217 e. The molecule has 3 aromatic carbocycles. The number of hydrogen-bond acceptors (Lipinski definition) is 6. The lowest BCUT2D eigenvalue weighted by molar-refractivity contribution is 0.628. The first-order valence-electron chi connectivity index (χ1n) is 12.7. The number of fused-ring (bicyclic) bond motifs is 1. The monoisotopic (exact) mass is 515 g/mol. The first kappa shape index (κ1) is 24.4. The van der Waals surface area contributed by atoms with Gasteiger partial charge in [-0.25, -0.2) is 9.37 Å². The van der Waals surface area contributed by atoms with E-state index in [4.69, 9.17) is 10.7 Å². The highest BCUT2D eigenvalue weighted by Crippen LogP contribution is 2.37. The van der Waals surface area contributed by atoms with Crippen molar-refractivity contribution < 1.29 is 4.39 Å². The zero-order valence-corrected chi connectivity index (χ0v) is 21.1. The van der Waals surface area contributed by atoms with Gasteiger partial charge in [0.15, 0.2) is 5.65 Å². The summed E-state index contributed by atoms with van der Waals surface area (Å²) >= 11 is 0. The fourth-order valence-corrected chi connectivity index (χ4v) is 4.79. The number of nitrogens with zero attached hydrogens (tertiary/aromatic N) is 6. The molecule has 6 rings (SSSR count). The van der Waals surface area contributed by atoms with E-state index < -0.39 is 0 Å². The second-order valence-corrected chi connectivity index (χ2v) is 9.30. The van der Waals surface area contributed by atoms with Crippen LogP contribution in [0.15, 0.2) is 116 Å². The van der Waals surface area contributed by atoms with Crippen LogP contribution in [0.5, 0.6) is 0 Å². The largest absolute Gasteiger partial charge is 0.326 e. The van der Waals surface area contributed by atoms with Crippen LogP contribution in [0.25, 0.3) is 28.0 Å². The molecule has 0 aliphatic carbocycles. The molecule has 0 spiro atoms. The predicted molar refractivity (Wildman–Crippen MR) is 151 cm³/mol. The van der Waals surface area contributed by atoms with E-state index in [2.05, 4.69) is 32.2 Å². The molecular formula is C31H26FN7. The average molecular weight is 516 g/mol. The maximum atomic E-state index is 13.8. The number of anilines is 2. The van der Waals surface area contributed by atoms with Gasteiger partial charge in [-0.15, -0.1) is 10.2 Å². The number of hydrogen-bond donors (Lipinski definition) is 1. The first-order chi connectivity index (χ1) is 19.2. The van der Waals surface area contributed by atoms with Crippen LogP contribution in [-0.2, 0) is 6.42 Å². The van der Waals surface area contributed by atoms with Gasteiger partial charge in [0, 0.05) is 36.2 Å². The van der Waals surface area contributed by atoms with Crippen LogP contribution in [0.4, 0.5) is 16.0 Å². The van der Waals surface area contributed by atoms with Crippen molar-refractivity contribution >= 4 is 17.3 Å². The molecule has 3 aromatic heterocycles. The first-order valence-corrected chi connectivity index (χ1v) is 12.7. The third kappa shape index (κ3) is 5.10. The molecule has 0 saturated heterocycles. The molecule has 0 aliphatic rings. The van der Waals surface area contributed by atoms with Crippen LogP contribution in [0.2, 0.25) is 0 Å². The highest BCUT2D eigenvalue weighted by molar-refractivity contribution is 5.91. The van der Waals surface area contributed by atoms with E-state index in [1.165, 1.54) is 17.7 Å². The summed E-state index contributed by atoms with van der Waals surface area (Å²) in [6.07, 6.45) is 5.81. The van der Waals surface area contributed by atoms with Crippen LogP contribution in [-0.4, -0.2) is 37.2 Å². The Morgan fingerprint density at radius 2 is 1.51 bits per heavy atom. The molecule has 0 radical (unpaired) electrons. The van der Waals surface area contributed by atoms with Crippen molar-refractivity contribution in [2.24, 2.45) is 5.73 Å². The quantitative estimate of drug-likeness (QED) is 0.280. The zero-order valence-electron chi connectivity index (χ0n) is 21.1. The summed E-state index contributed by atoms with van der Waals surface area (Å²) in [4.78, 5) is 11.5. The Labute approximate surface area is 225 Å². The average Bonchev–Trinajstić information content (AvgIpc) is 3.47. The normalized spacial score (nSPS) is 11.9. The molecule has 6 aromatic rings. The Morgan fingerprint density at radius 1 is 0.821 bits per heavy atom. The van der Waals surface area contributed by atoms with Gasteiger partial charge >= 0.3 is 0 Å². The van der Waals surface area contributed by atoms with Gasteiger partial charge < -0.3 is 10.6 Å². The molecular weight excluding hydrogens is 489 g/mol. The van der Waals surface area contributed by atoms with Gasteiger partial charge in [0.2, 0.25) is 5.95 Å². The van der Waals surface area contributed by atoms with Gasteiger partial charge in [-0.2, -0.15) is 0 Å². The van der Waals surface area contributed by atoms with E-state index in [9.17, 15) is 4.39 Å². The lowest BCUT2D eigenvalue weighted by Crippen LogP contribution is -2.37. The second kappa shape index (κ2) is 10.8. The summed E-state index contributed by atoms with van der Waals surface area (Å²) in [5.41, 5.74) is 12.5. The van der Waals surface area contributed by atoms with Crippen LogP contribution in [0, 0.1) is 5.82 Å². The van der Waals surface area contributed by atoms with Crippen molar-refractivity contribution in [2.45, 2.75) is 12.5 Å². The van der Waals surface area contributed by atoms with E-state index in [0.717, 1.165) is 22.4 Å². The van der Waals surface area contributed by atoms with E-state index in [1.807, 2.05) is 65.1 Å². The van der Waals surface area contributed by atoms with Crippen molar-refractivity contribution in [3.8, 4) is 22.4 Å². The van der Waals surface area contributed by atoms with Gasteiger partial charge in [0.25, 0.3) is 0 Å². The molecule has 0 bridgehead atoms. The molecule has 2 N–H and O–H groups in total. The number of aromatic nitrogens is 5. The minimum atomic E-state index is -0.311. The Bertz CT molecular complexity index is 1670. The minimum Gasteiger partial charge on any atom is -0.326 e. The van der Waals surface area contributed by atoms with Crippen molar-refractivity contribution in [2.75, 3.05) is 11.4 Å². The van der Waals surface area contributed by atoms with Gasteiger partial charge in [-0.3, -0.25) is 9.38 Å². The number of pyridine rings is 1. The Morgan fingerprint density at radius 3 is 2.23 bits per heavy atom. The maximum absolute atomic E-state index is 13.8. The summed E-state index contributed by atoms with van der Waals surface area (Å²) in [5, 5.41) is 8.74. The van der Waals surface area contributed by atoms with Gasteiger partial charge in [-0.1, -0.05) is 60.7 Å². The third-order valence-electron chi connectivity index (χ3n) is 6.59. The Hall–Kier alpha value is -4.95. The summed E-state index contributed by atoms with van der Waals surface area (Å²) < 4.78 is 15.7. The zero-order chi connectivity index (χ0) is 26.6. The highest BCUT2D eigenvalue weighted by Gasteiger charge is 2.24. The van der Waals surface area contributed by atoms with Crippen molar-refractivity contribution in [1.82, 2.24) is 24.6 Å². The lowest BCUT2D eigenvalue weighted by Gasteiger charge is -2.28. The predicted octanol–water partition coefficient (Wildman–Crippen LogP) is 5.70. The molecule has 1 unspecified atom stereocenters. The summed E-state index contributed by atoms with van der Waals surface area (Å²) in [6, 6.07) is 30.2. The lowest BCUT2D eigenvalue weighted by atomic mass is 10.0. The standard InChI is InChI=1S/C31H26FN7/c32-25-13-11-23(12-14-25)28-29(24-15-17-34-18-16-24)36-31(39-21-35-37-30(28)39)38(27-9-5-2-6-10-27)20-26(33)19-22-7-3-1-4-8-22/h1-18,21,26H,19-20,33H2. The Kier molecular flexibility index (Phi) is 6.76. The summed E-state index contributed by atoms with van der Waals surface area (Å²) in [5.74, 6) is 0.316. The van der Waals surface area contributed by atoms with Crippen molar-refractivity contribution in [1.29, 1.82) is 0 Å². The summed E-state index contributed by atoms with van der Waals surface area (Å²) in [7, 11) is 0. The molecule has 0 aliphatic heterocycles. The van der Waals surface area contributed by atoms with Gasteiger partial charge in [0.1, 0.15) is 12.1 Å². The fourth-order valence-electron chi connectivity index (χ4n) is 4.79. The van der Waals surface area contributed by atoms with Crippen molar-refractivity contribution in [3.05, 3.63) is 127 Å². The van der Waals surface area contributed by atoms with Crippen LogP contribution in [0.3, 0.4) is 0 Å². The van der Waals surface area contributed by atoms with Crippen LogP contribution >= 0.6 is 0 Å². The number of benzene rings is 3. The topological polar surface area (TPSA) is 85.2 Å². The molecule has 39 heavy (non-hydrogen) atoms. The molecule has 192 valence electrons. The number of halogens is 1. The molecule has 0 fully saturated rings. The van der Waals surface area contributed by atoms with Gasteiger partial charge in [-0.05, 0) is 53.9 Å². The molecule has 8 heteroatoms. The van der Waals surface area contributed by atoms with Gasteiger partial charge in [0.05, 0.1) is 11.3 Å². The van der Waals surface area contributed by atoms with Crippen LogP contribution < -0.4 is 10.6 Å². The number of rotatable bonds is 8. The van der Waals surface area contributed by atoms with Crippen molar-refractivity contribution in [3.63, 3.8) is 0 Å². The molecule has 1 atom stereocenters. The van der Waals surface area contributed by atoms with E-state index in [-0.39, 0.29) is 11.9 Å². The molecule has 0 saturated carbocycles. The number of para-hydroxylation sites is 1. The maximum Gasteiger partial charge on any atom is 0.217 e. The minimum absolute atomic E-state index is 0.179. The molecule has 0 amide bonds.